The van der Waals surface area contributed by atoms with Crippen LogP contribution in [0.25, 0.3) is 16.2 Å². The van der Waals surface area contributed by atoms with Crippen LogP contribution >= 0.6 is 11.3 Å². The molecule has 0 fully saturated rings. The maximum atomic E-state index is 9.56. The molecule has 0 aliphatic carbocycles. The number of hydrogen-bond acceptors (Lipinski definition) is 5. The van der Waals surface area contributed by atoms with E-state index in [1.165, 1.54) is 0 Å². The van der Waals surface area contributed by atoms with Crippen molar-refractivity contribution in [2.24, 2.45) is 5.92 Å². The third-order valence-electron chi connectivity index (χ3n) is 3.60. The SMILES string of the molecule is COc1ccc(-c2nc3sc(CC(C)C)nn3c2C#N)cc1C. The van der Waals surface area contributed by atoms with E-state index in [4.69, 9.17) is 4.74 Å². The number of aryl methyl sites for hydroxylation is 1. The van der Waals surface area contributed by atoms with Crippen molar-refractivity contribution in [3.8, 4) is 23.1 Å². The van der Waals surface area contributed by atoms with E-state index in [1.807, 2.05) is 25.1 Å². The van der Waals surface area contributed by atoms with Gasteiger partial charge in [-0.3, -0.25) is 0 Å². The molecule has 3 aromatic rings. The van der Waals surface area contributed by atoms with Crippen molar-refractivity contribution >= 4 is 16.3 Å². The summed E-state index contributed by atoms with van der Waals surface area (Å²) >= 11 is 1.55. The lowest BCUT2D eigenvalue weighted by molar-refractivity contribution is 0.412. The molecule has 0 radical (unpaired) electrons. The van der Waals surface area contributed by atoms with Crippen LogP contribution < -0.4 is 4.74 Å². The fourth-order valence-corrected chi connectivity index (χ4v) is 3.65. The molecular formula is C17H18N4OS. The van der Waals surface area contributed by atoms with Gasteiger partial charge in [-0.25, -0.2) is 4.98 Å². The molecule has 0 N–H and O–H groups in total. The van der Waals surface area contributed by atoms with Gasteiger partial charge in [0.1, 0.15) is 22.5 Å². The Bertz CT molecular complexity index is 901. The predicted molar refractivity (Wildman–Crippen MR) is 90.8 cm³/mol. The van der Waals surface area contributed by atoms with Crippen LogP contribution in [0.5, 0.6) is 5.75 Å². The normalized spacial score (nSPS) is 11.1. The van der Waals surface area contributed by atoms with Gasteiger partial charge in [0.05, 0.1) is 7.11 Å². The van der Waals surface area contributed by atoms with Crippen molar-refractivity contribution in [2.75, 3.05) is 7.11 Å². The number of hydrogen-bond donors (Lipinski definition) is 0. The van der Waals surface area contributed by atoms with Crippen LogP contribution in [0.1, 0.15) is 30.1 Å². The van der Waals surface area contributed by atoms with Gasteiger partial charge >= 0.3 is 0 Å². The van der Waals surface area contributed by atoms with E-state index in [2.05, 4.69) is 30.0 Å². The second-order valence-corrected chi connectivity index (χ2v) is 6.93. The Morgan fingerprint density at radius 3 is 2.78 bits per heavy atom. The zero-order valence-corrected chi connectivity index (χ0v) is 14.4. The highest BCUT2D eigenvalue weighted by atomic mass is 32.1. The minimum absolute atomic E-state index is 0.482. The van der Waals surface area contributed by atoms with Gasteiger partial charge in [-0.05, 0) is 36.6 Å². The summed E-state index contributed by atoms with van der Waals surface area (Å²) in [6.45, 7) is 6.29. The van der Waals surface area contributed by atoms with E-state index in [0.717, 1.165) is 33.3 Å². The number of imidazole rings is 1. The summed E-state index contributed by atoms with van der Waals surface area (Å²) in [5.74, 6) is 1.35. The van der Waals surface area contributed by atoms with E-state index >= 15 is 0 Å². The quantitative estimate of drug-likeness (QED) is 0.730. The number of methoxy groups -OCH3 is 1. The predicted octanol–water partition coefficient (Wildman–Crippen LogP) is 3.85. The van der Waals surface area contributed by atoms with Crippen molar-refractivity contribution in [3.05, 3.63) is 34.5 Å². The van der Waals surface area contributed by atoms with E-state index in [-0.39, 0.29) is 0 Å². The summed E-state index contributed by atoms with van der Waals surface area (Å²) in [4.78, 5) is 5.40. The topological polar surface area (TPSA) is 63.2 Å². The zero-order valence-electron chi connectivity index (χ0n) is 13.6. The first kappa shape index (κ1) is 15.5. The summed E-state index contributed by atoms with van der Waals surface area (Å²) in [6, 6.07) is 8.06. The smallest absolute Gasteiger partial charge is 0.214 e. The molecule has 0 amide bonds. The minimum Gasteiger partial charge on any atom is -0.496 e. The molecule has 0 saturated carbocycles. The van der Waals surface area contributed by atoms with Gasteiger partial charge < -0.3 is 4.74 Å². The van der Waals surface area contributed by atoms with Gasteiger partial charge in [0, 0.05) is 12.0 Å². The van der Waals surface area contributed by atoms with Crippen molar-refractivity contribution in [1.29, 1.82) is 5.26 Å². The fourth-order valence-electron chi connectivity index (χ4n) is 2.55. The number of nitriles is 1. The molecular weight excluding hydrogens is 308 g/mol. The number of nitrogens with zero attached hydrogens (tertiary/aromatic N) is 4. The highest BCUT2D eigenvalue weighted by Gasteiger charge is 2.18. The number of ether oxygens (including phenoxy) is 1. The summed E-state index contributed by atoms with van der Waals surface area (Å²) in [7, 11) is 1.65. The molecule has 6 heteroatoms. The second kappa shape index (κ2) is 6.01. The van der Waals surface area contributed by atoms with E-state index in [9.17, 15) is 5.26 Å². The molecule has 0 bridgehead atoms. The number of rotatable bonds is 4. The first-order valence-electron chi connectivity index (χ1n) is 7.47. The van der Waals surface area contributed by atoms with Crippen LogP contribution in [0.2, 0.25) is 0 Å². The molecule has 2 heterocycles. The number of aromatic nitrogens is 3. The molecule has 2 aromatic heterocycles. The average Bonchev–Trinajstić information content (AvgIpc) is 3.02. The van der Waals surface area contributed by atoms with Crippen LogP contribution in [0.15, 0.2) is 18.2 Å². The summed E-state index contributed by atoms with van der Waals surface area (Å²) in [5, 5.41) is 15.1. The Morgan fingerprint density at radius 1 is 1.39 bits per heavy atom. The van der Waals surface area contributed by atoms with E-state index in [1.54, 1.807) is 23.0 Å². The molecule has 1 aromatic carbocycles. The molecule has 5 nitrogen and oxygen atoms in total. The summed E-state index contributed by atoms with van der Waals surface area (Å²) < 4.78 is 6.95. The second-order valence-electron chi connectivity index (χ2n) is 5.89. The number of fused-ring (bicyclic) bond motifs is 1. The lowest BCUT2D eigenvalue weighted by atomic mass is 10.1. The van der Waals surface area contributed by atoms with Crippen LogP contribution in [-0.4, -0.2) is 21.7 Å². The largest absolute Gasteiger partial charge is 0.496 e. The van der Waals surface area contributed by atoms with Crippen LogP contribution in [-0.2, 0) is 6.42 Å². The first-order chi connectivity index (χ1) is 11.0. The Kier molecular flexibility index (Phi) is 4.05. The molecule has 118 valence electrons. The van der Waals surface area contributed by atoms with Crippen LogP contribution in [0, 0.1) is 24.2 Å². The minimum atomic E-state index is 0.482. The molecule has 0 unspecified atom stereocenters. The van der Waals surface area contributed by atoms with Crippen molar-refractivity contribution in [2.45, 2.75) is 27.2 Å². The van der Waals surface area contributed by atoms with E-state index in [0.29, 0.717) is 17.3 Å². The Labute approximate surface area is 139 Å². The first-order valence-corrected chi connectivity index (χ1v) is 8.28. The van der Waals surface area contributed by atoms with Crippen LogP contribution in [0.3, 0.4) is 0 Å². The van der Waals surface area contributed by atoms with Crippen molar-refractivity contribution in [3.63, 3.8) is 0 Å². The van der Waals surface area contributed by atoms with E-state index < -0.39 is 0 Å². The molecule has 23 heavy (non-hydrogen) atoms. The Morgan fingerprint density at radius 2 is 2.17 bits per heavy atom. The van der Waals surface area contributed by atoms with Gasteiger partial charge in [0.2, 0.25) is 4.96 Å². The van der Waals surface area contributed by atoms with Gasteiger partial charge in [0.25, 0.3) is 0 Å². The standard InChI is InChI=1S/C17H18N4OS/c1-10(2)7-15-20-21-13(9-18)16(19-17(21)23-15)12-5-6-14(22-4)11(3)8-12/h5-6,8,10H,7H2,1-4H3. The lowest BCUT2D eigenvalue weighted by Crippen LogP contribution is -1.96. The molecule has 0 aliphatic rings. The molecule has 0 saturated heterocycles. The highest BCUT2D eigenvalue weighted by molar-refractivity contribution is 7.16. The molecule has 3 rings (SSSR count). The third kappa shape index (κ3) is 2.80. The molecule has 0 aliphatic heterocycles. The molecule has 0 spiro atoms. The fraction of sp³-hybridized carbons (Fsp3) is 0.353. The highest BCUT2D eigenvalue weighted by Crippen LogP contribution is 2.30. The maximum Gasteiger partial charge on any atom is 0.214 e. The monoisotopic (exact) mass is 326 g/mol. The number of benzene rings is 1. The average molecular weight is 326 g/mol. The Hall–Kier alpha value is -2.39. The third-order valence-corrected chi connectivity index (χ3v) is 4.53. The van der Waals surface area contributed by atoms with Crippen LogP contribution in [0.4, 0.5) is 0 Å². The van der Waals surface area contributed by atoms with Crippen molar-refractivity contribution < 1.29 is 4.74 Å². The van der Waals surface area contributed by atoms with Gasteiger partial charge in [0.15, 0.2) is 5.69 Å². The Balaban J connectivity index is 2.09. The molecule has 0 atom stereocenters. The van der Waals surface area contributed by atoms with Gasteiger partial charge in [-0.2, -0.15) is 14.9 Å². The maximum absolute atomic E-state index is 9.56. The lowest BCUT2D eigenvalue weighted by Gasteiger charge is -2.06. The van der Waals surface area contributed by atoms with Gasteiger partial charge in [-0.1, -0.05) is 25.2 Å². The summed E-state index contributed by atoms with van der Waals surface area (Å²) in [6.07, 6.45) is 0.899. The van der Waals surface area contributed by atoms with Crippen molar-refractivity contribution in [1.82, 2.24) is 14.6 Å². The van der Waals surface area contributed by atoms with Gasteiger partial charge in [-0.15, -0.1) is 0 Å². The summed E-state index contributed by atoms with van der Waals surface area (Å²) in [5.41, 5.74) is 3.07. The zero-order chi connectivity index (χ0) is 16.6.